The molecule has 10 heavy (non-hydrogen) atoms. The van der Waals surface area contributed by atoms with Crippen molar-refractivity contribution in [3.63, 3.8) is 0 Å². The van der Waals surface area contributed by atoms with Gasteiger partial charge in [-0.3, -0.25) is 4.68 Å². The van der Waals surface area contributed by atoms with Gasteiger partial charge in [0.25, 0.3) is 0 Å². The van der Waals surface area contributed by atoms with Gasteiger partial charge in [0.1, 0.15) is 0 Å². The molecule has 3 nitrogen and oxygen atoms in total. The molecule has 0 bridgehead atoms. The molecule has 0 amide bonds. The van der Waals surface area contributed by atoms with Crippen molar-refractivity contribution in [2.75, 3.05) is 0 Å². The van der Waals surface area contributed by atoms with Gasteiger partial charge < -0.3 is 5.73 Å². The van der Waals surface area contributed by atoms with E-state index in [-0.39, 0.29) is 6.04 Å². The van der Waals surface area contributed by atoms with Crippen molar-refractivity contribution in [1.29, 1.82) is 0 Å². The maximum atomic E-state index is 5.83. The molecule has 0 aromatic carbocycles. The number of hydrogen-bond donors (Lipinski definition) is 1. The summed E-state index contributed by atoms with van der Waals surface area (Å²) in [6.45, 7) is 1.04. The molecular weight excluding hydrogens is 126 g/mol. The Bertz CT molecular complexity index is 229. The van der Waals surface area contributed by atoms with Crippen LogP contribution in [0.3, 0.4) is 0 Å². The number of rotatable bonds is 0. The van der Waals surface area contributed by atoms with Gasteiger partial charge in [0.05, 0.1) is 5.69 Å². The fourth-order valence-electron chi connectivity index (χ4n) is 1.45. The summed E-state index contributed by atoms with van der Waals surface area (Å²) in [7, 11) is 0. The quantitative estimate of drug-likeness (QED) is 0.571. The van der Waals surface area contributed by atoms with Gasteiger partial charge in [-0.1, -0.05) is 0 Å². The normalized spacial score (nSPS) is 24.3. The summed E-state index contributed by atoms with van der Waals surface area (Å²) in [5, 5.41) is 4.14. The van der Waals surface area contributed by atoms with Crippen LogP contribution in [0.5, 0.6) is 0 Å². The van der Waals surface area contributed by atoms with Crippen LogP contribution in [0, 0.1) is 0 Å². The summed E-state index contributed by atoms with van der Waals surface area (Å²) in [5.74, 6) is 0. The van der Waals surface area contributed by atoms with Gasteiger partial charge in [0.2, 0.25) is 0 Å². The third kappa shape index (κ3) is 0.743. The lowest BCUT2D eigenvalue weighted by Crippen LogP contribution is -2.21. The van der Waals surface area contributed by atoms with Crippen LogP contribution >= 0.6 is 0 Å². The van der Waals surface area contributed by atoms with E-state index in [2.05, 4.69) is 5.10 Å². The van der Waals surface area contributed by atoms with E-state index in [4.69, 9.17) is 5.73 Å². The molecule has 0 radical (unpaired) electrons. The van der Waals surface area contributed by atoms with E-state index in [1.807, 2.05) is 16.9 Å². The first-order valence-electron chi connectivity index (χ1n) is 3.65. The van der Waals surface area contributed by atoms with Crippen molar-refractivity contribution in [2.45, 2.75) is 25.4 Å². The highest BCUT2D eigenvalue weighted by molar-refractivity contribution is 5.07. The fourth-order valence-corrected chi connectivity index (χ4v) is 1.45. The summed E-state index contributed by atoms with van der Waals surface area (Å²) in [6, 6.07) is 2.22. The van der Waals surface area contributed by atoms with Gasteiger partial charge >= 0.3 is 0 Å². The van der Waals surface area contributed by atoms with Crippen molar-refractivity contribution in [3.05, 3.63) is 18.0 Å². The molecule has 54 valence electrons. The highest BCUT2D eigenvalue weighted by atomic mass is 15.3. The molecule has 1 aromatic rings. The minimum absolute atomic E-state index is 0.219. The average Bonchev–Trinajstić information content (AvgIpc) is 2.36. The zero-order chi connectivity index (χ0) is 6.97. The van der Waals surface area contributed by atoms with Gasteiger partial charge in [0, 0.05) is 18.8 Å². The van der Waals surface area contributed by atoms with E-state index in [1.165, 1.54) is 5.69 Å². The Morgan fingerprint density at radius 1 is 1.70 bits per heavy atom. The molecule has 1 aliphatic rings. The van der Waals surface area contributed by atoms with Crippen LogP contribution in [0.25, 0.3) is 0 Å². The monoisotopic (exact) mass is 137 g/mol. The Balaban J connectivity index is 2.41. The standard InChI is InChI=1S/C7H11N3/c8-6-2-1-5-10-7(6)3-4-9-10/h3-4,6H,1-2,5,8H2/t6-/m0/s1. The summed E-state index contributed by atoms with van der Waals surface area (Å²) >= 11 is 0. The molecule has 2 N–H and O–H groups in total. The van der Waals surface area contributed by atoms with Crippen LogP contribution in [0.2, 0.25) is 0 Å². The summed E-state index contributed by atoms with van der Waals surface area (Å²) in [4.78, 5) is 0. The molecule has 0 unspecified atom stereocenters. The molecule has 2 heterocycles. The van der Waals surface area contributed by atoms with Gasteiger partial charge in [-0.15, -0.1) is 0 Å². The average molecular weight is 137 g/mol. The van der Waals surface area contributed by atoms with E-state index >= 15 is 0 Å². The molecule has 0 saturated heterocycles. The van der Waals surface area contributed by atoms with Crippen LogP contribution in [0.1, 0.15) is 24.6 Å². The second-order valence-electron chi connectivity index (χ2n) is 2.73. The molecule has 3 heteroatoms. The SMILES string of the molecule is N[C@H]1CCCn2nccc21. The molecule has 0 fully saturated rings. The van der Waals surface area contributed by atoms with Crippen molar-refractivity contribution in [2.24, 2.45) is 5.73 Å². The lowest BCUT2D eigenvalue weighted by atomic mass is 10.1. The predicted molar refractivity (Wildman–Crippen MR) is 38.4 cm³/mol. The zero-order valence-corrected chi connectivity index (χ0v) is 5.83. The van der Waals surface area contributed by atoms with Gasteiger partial charge in [-0.25, -0.2) is 0 Å². The number of aryl methyl sites for hydroxylation is 1. The fraction of sp³-hybridized carbons (Fsp3) is 0.571. The van der Waals surface area contributed by atoms with Crippen molar-refractivity contribution < 1.29 is 0 Å². The van der Waals surface area contributed by atoms with Gasteiger partial charge in [-0.05, 0) is 18.9 Å². The molecule has 2 rings (SSSR count). The third-order valence-corrected chi connectivity index (χ3v) is 2.01. The third-order valence-electron chi connectivity index (χ3n) is 2.01. The van der Waals surface area contributed by atoms with Crippen LogP contribution in [0.4, 0.5) is 0 Å². The van der Waals surface area contributed by atoms with E-state index in [0.29, 0.717) is 0 Å². The van der Waals surface area contributed by atoms with Gasteiger partial charge in [-0.2, -0.15) is 5.10 Å². The van der Waals surface area contributed by atoms with Crippen LogP contribution in [-0.2, 0) is 6.54 Å². The number of nitrogens with zero attached hydrogens (tertiary/aromatic N) is 2. The van der Waals surface area contributed by atoms with E-state index in [0.717, 1.165) is 19.4 Å². The lowest BCUT2D eigenvalue weighted by Gasteiger charge is -2.19. The maximum Gasteiger partial charge on any atom is 0.0551 e. The smallest absolute Gasteiger partial charge is 0.0551 e. The minimum Gasteiger partial charge on any atom is -0.323 e. The summed E-state index contributed by atoms with van der Waals surface area (Å²) < 4.78 is 1.99. The zero-order valence-electron chi connectivity index (χ0n) is 5.83. The molecular formula is C7H11N3. The second-order valence-corrected chi connectivity index (χ2v) is 2.73. The predicted octanol–water partition coefficient (Wildman–Crippen LogP) is 0.677. The maximum absolute atomic E-state index is 5.83. The molecule has 0 aliphatic carbocycles. The number of aromatic nitrogens is 2. The van der Waals surface area contributed by atoms with Crippen molar-refractivity contribution in [3.8, 4) is 0 Å². The van der Waals surface area contributed by atoms with E-state index < -0.39 is 0 Å². The minimum atomic E-state index is 0.219. The van der Waals surface area contributed by atoms with Crippen LogP contribution in [0.15, 0.2) is 12.3 Å². The topological polar surface area (TPSA) is 43.8 Å². The van der Waals surface area contributed by atoms with Crippen molar-refractivity contribution in [1.82, 2.24) is 9.78 Å². The Kier molecular flexibility index (Phi) is 1.24. The highest BCUT2D eigenvalue weighted by Gasteiger charge is 2.15. The molecule has 1 atom stereocenters. The van der Waals surface area contributed by atoms with Crippen LogP contribution < -0.4 is 5.73 Å². The Morgan fingerprint density at radius 3 is 3.40 bits per heavy atom. The highest BCUT2D eigenvalue weighted by Crippen LogP contribution is 2.20. The summed E-state index contributed by atoms with van der Waals surface area (Å²) in [5.41, 5.74) is 7.02. The van der Waals surface area contributed by atoms with E-state index in [9.17, 15) is 0 Å². The van der Waals surface area contributed by atoms with Crippen LogP contribution in [-0.4, -0.2) is 9.78 Å². The Morgan fingerprint density at radius 2 is 2.60 bits per heavy atom. The number of hydrogen-bond acceptors (Lipinski definition) is 2. The van der Waals surface area contributed by atoms with E-state index in [1.54, 1.807) is 0 Å². The Labute approximate surface area is 59.8 Å². The van der Waals surface area contributed by atoms with Gasteiger partial charge in [0.15, 0.2) is 0 Å². The summed E-state index contributed by atoms with van der Waals surface area (Å²) in [6.07, 6.45) is 4.09. The molecule has 1 aliphatic heterocycles. The lowest BCUT2D eigenvalue weighted by molar-refractivity contribution is 0.430. The second kappa shape index (κ2) is 2.09. The first kappa shape index (κ1) is 5.92. The molecule has 1 aromatic heterocycles. The Hall–Kier alpha value is -0.830. The number of nitrogens with two attached hydrogens (primary N) is 1. The first-order chi connectivity index (χ1) is 4.88. The number of fused-ring (bicyclic) bond motifs is 1. The van der Waals surface area contributed by atoms with Crippen molar-refractivity contribution >= 4 is 0 Å². The first-order valence-corrected chi connectivity index (χ1v) is 3.65. The molecule has 0 spiro atoms. The molecule has 0 saturated carbocycles. The largest absolute Gasteiger partial charge is 0.323 e.